The van der Waals surface area contributed by atoms with Crippen molar-refractivity contribution in [3.05, 3.63) is 0 Å². The van der Waals surface area contributed by atoms with Crippen molar-refractivity contribution in [2.45, 2.75) is 44.7 Å². The van der Waals surface area contributed by atoms with E-state index in [1.165, 1.54) is 0 Å². The van der Waals surface area contributed by atoms with E-state index in [-0.39, 0.29) is 23.9 Å². The predicted molar refractivity (Wildman–Crippen MR) is 69.4 cm³/mol. The number of carbonyl (C=O) groups excluding carboxylic acids is 2. The molecule has 5 nitrogen and oxygen atoms in total. The van der Waals surface area contributed by atoms with Crippen LogP contribution in [-0.4, -0.2) is 48.6 Å². The number of piperazine rings is 1. The number of carbonyl (C=O) groups is 2. The first-order valence-electron chi connectivity index (χ1n) is 7.39. The fourth-order valence-corrected chi connectivity index (χ4v) is 3.16. The molecule has 2 heterocycles. The fourth-order valence-electron chi connectivity index (χ4n) is 3.16. The van der Waals surface area contributed by atoms with E-state index in [2.05, 4.69) is 5.32 Å². The van der Waals surface area contributed by atoms with E-state index in [1.807, 2.05) is 11.8 Å². The molecule has 0 bridgehead atoms. The van der Waals surface area contributed by atoms with Gasteiger partial charge in [-0.2, -0.15) is 0 Å². The number of hydrogen-bond donors (Lipinski definition) is 1. The largest absolute Gasteiger partial charge is 0.381 e. The molecule has 0 spiro atoms. The number of nitrogens with zero attached hydrogens (tertiary/aromatic N) is 1. The van der Waals surface area contributed by atoms with Gasteiger partial charge in [-0.15, -0.1) is 0 Å². The van der Waals surface area contributed by atoms with Gasteiger partial charge in [-0.3, -0.25) is 9.59 Å². The molecule has 5 heteroatoms. The average molecular weight is 266 g/mol. The number of rotatable bonds is 4. The summed E-state index contributed by atoms with van der Waals surface area (Å²) in [6.45, 7) is 4.13. The smallest absolute Gasteiger partial charge is 0.245 e. The first-order chi connectivity index (χ1) is 9.20. The lowest BCUT2D eigenvalue weighted by Gasteiger charge is -2.40. The molecule has 3 aliphatic rings. The molecule has 0 aromatic heterocycles. The zero-order valence-corrected chi connectivity index (χ0v) is 11.4. The van der Waals surface area contributed by atoms with E-state index >= 15 is 0 Å². The van der Waals surface area contributed by atoms with Gasteiger partial charge in [0.2, 0.25) is 11.8 Å². The molecule has 3 fully saturated rings. The van der Waals surface area contributed by atoms with Crippen LogP contribution in [0.5, 0.6) is 0 Å². The van der Waals surface area contributed by atoms with Crippen molar-refractivity contribution >= 4 is 11.8 Å². The van der Waals surface area contributed by atoms with Gasteiger partial charge < -0.3 is 15.0 Å². The Morgan fingerprint density at radius 3 is 2.68 bits per heavy atom. The first kappa shape index (κ1) is 12.9. The maximum absolute atomic E-state index is 12.5. The number of nitrogens with one attached hydrogen (secondary N) is 1. The summed E-state index contributed by atoms with van der Waals surface area (Å²) >= 11 is 0. The Morgan fingerprint density at radius 1 is 1.32 bits per heavy atom. The van der Waals surface area contributed by atoms with Crippen LogP contribution in [0, 0.1) is 11.8 Å². The summed E-state index contributed by atoms with van der Waals surface area (Å²) in [5.74, 6) is 0.927. The molecule has 106 valence electrons. The monoisotopic (exact) mass is 266 g/mol. The topological polar surface area (TPSA) is 58.6 Å². The van der Waals surface area contributed by atoms with Crippen LogP contribution in [-0.2, 0) is 14.3 Å². The quantitative estimate of drug-likeness (QED) is 0.808. The van der Waals surface area contributed by atoms with Gasteiger partial charge in [0.1, 0.15) is 12.1 Å². The third-order valence-corrected chi connectivity index (χ3v) is 4.46. The molecule has 0 aromatic rings. The van der Waals surface area contributed by atoms with E-state index in [0.29, 0.717) is 24.8 Å². The van der Waals surface area contributed by atoms with Crippen LogP contribution >= 0.6 is 0 Å². The molecule has 2 amide bonds. The SMILES string of the molecule is CCC1NC(=O)C(C2CC2)N(CC2CCOC2)C1=O. The van der Waals surface area contributed by atoms with Crippen molar-refractivity contribution in [3.63, 3.8) is 0 Å². The van der Waals surface area contributed by atoms with Crippen molar-refractivity contribution < 1.29 is 14.3 Å². The molecule has 1 aliphatic carbocycles. The highest BCUT2D eigenvalue weighted by Crippen LogP contribution is 2.37. The molecule has 1 N–H and O–H groups in total. The molecule has 3 rings (SSSR count). The van der Waals surface area contributed by atoms with Crippen LogP contribution in [0.4, 0.5) is 0 Å². The van der Waals surface area contributed by atoms with Crippen LogP contribution in [0.2, 0.25) is 0 Å². The van der Waals surface area contributed by atoms with Crippen LogP contribution in [0.15, 0.2) is 0 Å². The van der Waals surface area contributed by atoms with E-state index in [9.17, 15) is 9.59 Å². The summed E-state index contributed by atoms with van der Waals surface area (Å²) in [7, 11) is 0. The van der Waals surface area contributed by atoms with E-state index < -0.39 is 0 Å². The van der Waals surface area contributed by atoms with Gasteiger partial charge in [0.05, 0.1) is 6.61 Å². The second kappa shape index (κ2) is 5.12. The zero-order valence-electron chi connectivity index (χ0n) is 11.4. The predicted octanol–water partition coefficient (Wildman–Crippen LogP) is 0.538. The number of ether oxygens (including phenoxy) is 1. The summed E-state index contributed by atoms with van der Waals surface area (Å²) in [5, 5.41) is 2.88. The minimum absolute atomic E-state index is 0.0489. The molecule has 0 radical (unpaired) electrons. The van der Waals surface area contributed by atoms with Gasteiger partial charge in [-0.05, 0) is 31.6 Å². The molecule has 0 aromatic carbocycles. The average Bonchev–Trinajstić information content (AvgIpc) is 3.10. The van der Waals surface area contributed by atoms with Gasteiger partial charge in [0.15, 0.2) is 0 Å². The van der Waals surface area contributed by atoms with Crippen molar-refractivity contribution in [3.8, 4) is 0 Å². The Labute approximate surface area is 113 Å². The Morgan fingerprint density at radius 2 is 2.11 bits per heavy atom. The molecular formula is C14H22N2O3. The summed E-state index contributed by atoms with van der Waals surface area (Å²) in [5.41, 5.74) is 0. The molecular weight excluding hydrogens is 244 g/mol. The highest BCUT2D eigenvalue weighted by molar-refractivity contribution is 5.97. The Bertz CT molecular complexity index is 375. The van der Waals surface area contributed by atoms with Gasteiger partial charge >= 0.3 is 0 Å². The molecule has 2 aliphatic heterocycles. The Kier molecular flexibility index (Phi) is 3.48. The maximum Gasteiger partial charge on any atom is 0.245 e. The minimum Gasteiger partial charge on any atom is -0.381 e. The standard InChI is InChI=1S/C14H22N2O3/c1-2-11-14(18)16(7-9-5-6-19-8-9)12(10-3-4-10)13(17)15-11/h9-12H,2-8H2,1H3,(H,15,17). The fraction of sp³-hybridized carbons (Fsp3) is 0.857. The lowest BCUT2D eigenvalue weighted by Crippen LogP contribution is -2.64. The first-order valence-corrected chi connectivity index (χ1v) is 7.39. The lowest BCUT2D eigenvalue weighted by molar-refractivity contribution is -0.151. The summed E-state index contributed by atoms with van der Waals surface area (Å²) in [4.78, 5) is 26.6. The molecule has 3 unspecified atom stereocenters. The zero-order chi connectivity index (χ0) is 13.4. The van der Waals surface area contributed by atoms with Crippen molar-refractivity contribution in [2.75, 3.05) is 19.8 Å². The van der Waals surface area contributed by atoms with E-state index in [1.54, 1.807) is 0 Å². The highest BCUT2D eigenvalue weighted by Gasteiger charge is 2.47. The molecule has 3 atom stereocenters. The molecule has 19 heavy (non-hydrogen) atoms. The van der Waals surface area contributed by atoms with E-state index in [4.69, 9.17) is 4.74 Å². The van der Waals surface area contributed by atoms with Crippen molar-refractivity contribution in [2.24, 2.45) is 11.8 Å². The van der Waals surface area contributed by atoms with Crippen molar-refractivity contribution in [1.29, 1.82) is 0 Å². The normalized spacial score (nSPS) is 35.6. The minimum atomic E-state index is -0.329. The summed E-state index contributed by atoms with van der Waals surface area (Å²) in [6, 6.07) is -0.555. The second-order valence-electron chi connectivity index (χ2n) is 5.97. The van der Waals surface area contributed by atoms with Gasteiger partial charge in [0, 0.05) is 19.1 Å². The summed E-state index contributed by atoms with van der Waals surface area (Å²) < 4.78 is 5.39. The van der Waals surface area contributed by atoms with Crippen LogP contribution in [0.3, 0.4) is 0 Å². The van der Waals surface area contributed by atoms with Crippen LogP contribution < -0.4 is 5.32 Å². The Balaban J connectivity index is 1.76. The van der Waals surface area contributed by atoms with Crippen LogP contribution in [0.1, 0.15) is 32.6 Å². The number of amides is 2. The van der Waals surface area contributed by atoms with Crippen molar-refractivity contribution in [1.82, 2.24) is 10.2 Å². The van der Waals surface area contributed by atoms with Gasteiger partial charge in [-0.1, -0.05) is 6.92 Å². The third-order valence-electron chi connectivity index (χ3n) is 4.46. The summed E-state index contributed by atoms with van der Waals surface area (Å²) in [6.07, 6.45) is 3.80. The van der Waals surface area contributed by atoms with Gasteiger partial charge in [0.25, 0.3) is 0 Å². The third kappa shape index (κ3) is 2.48. The molecule has 1 saturated carbocycles. The Hall–Kier alpha value is -1.10. The number of hydrogen-bond acceptors (Lipinski definition) is 3. The molecule has 2 saturated heterocycles. The van der Waals surface area contributed by atoms with Gasteiger partial charge in [-0.25, -0.2) is 0 Å². The second-order valence-corrected chi connectivity index (χ2v) is 5.97. The highest BCUT2D eigenvalue weighted by atomic mass is 16.5. The lowest BCUT2D eigenvalue weighted by atomic mass is 9.99. The maximum atomic E-state index is 12.5. The van der Waals surface area contributed by atoms with E-state index in [0.717, 1.165) is 32.5 Å². The van der Waals surface area contributed by atoms with Crippen LogP contribution in [0.25, 0.3) is 0 Å².